The summed E-state index contributed by atoms with van der Waals surface area (Å²) in [5.74, 6) is 0.0541. The largest absolute Gasteiger partial charge is 0.373 e. The zero-order chi connectivity index (χ0) is 8.69. The smallest absolute Gasteiger partial charge is 0.181 e. The molecule has 0 saturated carbocycles. The van der Waals surface area contributed by atoms with E-state index < -0.39 is 0 Å². The predicted octanol–water partition coefficient (Wildman–Crippen LogP) is 1.95. The fourth-order valence-corrected chi connectivity index (χ4v) is 0.681. The molecule has 11 heavy (non-hydrogen) atoms. The number of ketones is 1. The topological polar surface area (TPSA) is 26.3 Å². The van der Waals surface area contributed by atoms with Crippen LogP contribution in [0.25, 0.3) is 0 Å². The van der Waals surface area contributed by atoms with Gasteiger partial charge in [-0.2, -0.15) is 0 Å². The van der Waals surface area contributed by atoms with Crippen LogP contribution in [-0.2, 0) is 9.53 Å². The van der Waals surface area contributed by atoms with E-state index in [0.29, 0.717) is 6.61 Å². The maximum Gasteiger partial charge on any atom is 0.181 e. The van der Waals surface area contributed by atoms with Crippen molar-refractivity contribution in [2.24, 2.45) is 0 Å². The third-order valence-electron chi connectivity index (χ3n) is 1.04. The van der Waals surface area contributed by atoms with E-state index in [-0.39, 0.29) is 12.4 Å². The fourth-order valence-electron chi connectivity index (χ4n) is 0.681. The van der Waals surface area contributed by atoms with Gasteiger partial charge >= 0.3 is 0 Å². The Morgan fingerprint density at radius 1 is 1.45 bits per heavy atom. The Labute approximate surface area is 68.2 Å². The summed E-state index contributed by atoms with van der Waals surface area (Å²) in [6.07, 6.45) is 2.57. The van der Waals surface area contributed by atoms with Crippen LogP contribution < -0.4 is 0 Å². The Hall–Kier alpha value is -0.630. The molecular formula is C9H16O2. The summed E-state index contributed by atoms with van der Waals surface area (Å²) >= 11 is 0. The molecule has 0 radical (unpaired) electrons. The van der Waals surface area contributed by atoms with Crippen LogP contribution in [0.5, 0.6) is 0 Å². The van der Waals surface area contributed by atoms with Crippen molar-refractivity contribution >= 4 is 5.78 Å². The van der Waals surface area contributed by atoms with Gasteiger partial charge in [0, 0.05) is 6.61 Å². The molecule has 0 aromatic heterocycles. The molecule has 0 aromatic rings. The van der Waals surface area contributed by atoms with Crippen molar-refractivity contribution in [3.05, 3.63) is 11.6 Å². The number of hydrogen-bond donors (Lipinski definition) is 0. The molecule has 0 aliphatic rings. The van der Waals surface area contributed by atoms with Gasteiger partial charge in [0.05, 0.1) is 0 Å². The van der Waals surface area contributed by atoms with E-state index in [0.717, 1.165) is 12.0 Å². The minimum atomic E-state index is 0.0541. The number of ether oxygens (including phenoxy) is 1. The summed E-state index contributed by atoms with van der Waals surface area (Å²) < 4.78 is 5.05. The average molecular weight is 156 g/mol. The Kier molecular flexibility index (Phi) is 5.75. The maximum absolute atomic E-state index is 10.9. The summed E-state index contributed by atoms with van der Waals surface area (Å²) in [5, 5.41) is 0. The second kappa shape index (κ2) is 6.10. The third-order valence-corrected chi connectivity index (χ3v) is 1.04. The highest BCUT2D eigenvalue weighted by Gasteiger charge is 1.95. The van der Waals surface area contributed by atoms with Crippen LogP contribution in [0.2, 0.25) is 0 Å². The van der Waals surface area contributed by atoms with E-state index in [2.05, 4.69) is 0 Å². The van der Waals surface area contributed by atoms with Crippen molar-refractivity contribution in [1.29, 1.82) is 0 Å². The van der Waals surface area contributed by atoms with Crippen molar-refractivity contribution in [3.8, 4) is 0 Å². The molecule has 2 heteroatoms. The second-order valence-corrected chi connectivity index (χ2v) is 2.74. The molecule has 0 saturated heterocycles. The van der Waals surface area contributed by atoms with E-state index in [1.807, 2.05) is 20.8 Å². The molecule has 0 N–H and O–H groups in total. The van der Waals surface area contributed by atoms with E-state index in [9.17, 15) is 4.79 Å². The summed E-state index contributed by atoms with van der Waals surface area (Å²) in [5.41, 5.74) is 1.02. The standard InChI is InChI=1S/C9H16O2/c1-4-5-11-7-9(10)6-8(2)3/h6H,4-5,7H2,1-3H3. The quantitative estimate of drug-likeness (QED) is 0.449. The molecule has 0 aliphatic heterocycles. The van der Waals surface area contributed by atoms with Gasteiger partial charge in [0.15, 0.2) is 5.78 Å². The monoisotopic (exact) mass is 156 g/mol. The molecule has 2 nitrogen and oxygen atoms in total. The zero-order valence-electron chi connectivity index (χ0n) is 7.52. The lowest BCUT2D eigenvalue weighted by Gasteiger charge is -1.97. The van der Waals surface area contributed by atoms with Crippen LogP contribution in [0.15, 0.2) is 11.6 Å². The van der Waals surface area contributed by atoms with Crippen molar-refractivity contribution in [2.75, 3.05) is 13.2 Å². The number of rotatable bonds is 5. The zero-order valence-corrected chi connectivity index (χ0v) is 7.52. The highest BCUT2D eigenvalue weighted by molar-refractivity contribution is 5.91. The molecule has 0 atom stereocenters. The fraction of sp³-hybridized carbons (Fsp3) is 0.667. The lowest BCUT2D eigenvalue weighted by atomic mass is 10.2. The van der Waals surface area contributed by atoms with Crippen LogP contribution in [-0.4, -0.2) is 19.0 Å². The first-order valence-electron chi connectivity index (χ1n) is 3.92. The molecule has 0 amide bonds. The van der Waals surface area contributed by atoms with E-state index in [1.54, 1.807) is 6.08 Å². The van der Waals surface area contributed by atoms with Crippen LogP contribution in [0.4, 0.5) is 0 Å². The van der Waals surface area contributed by atoms with Crippen LogP contribution >= 0.6 is 0 Å². The third kappa shape index (κ3) is 7.26. The Balaban J connectivity index is 3.46. The lowest BCUT2D eigenvalue weighted by molar-refractivity contribution is -0.118. The van der Waals surface area contributed by atoms with Crippen LogP contribution in [0.1, 0.15) is 27.2 Å². The molecule has 0 aliphatic carbocycles. The van der Waals surface area contributed by atoms with Crippen molar-refractivity contribution < 1.29 is 9.53 Å². The molecular weight excluding hydrogens is 140 g/mol. The molecule has 0 aromatic carbocycles. The van der Waals surface area contributed by atoms with Crippen molar-refractivity contribution in [1.82, 2.24) is 0 Å². The first-order valence-corrected chi connectivity index (χ1v) is 3.92. The Bertz CT molecular complexity index is 144. The lowest BCUT2D eigenvalue weighted by Crippen LogP contribution is -2.06. The molecule has 0 heterocycles. The van der Waals surface area contributed by atoms with Crippen molar-refractivity contribution in [2.45, 2.75) is 27.2 Å². The number of carbonyl (C=O) groups excluding carboxylic acids is 1. The molecule has 0 spiro atoms. The van der Waals surface area contributed by atoms with Gasteiger partial charge in [0.25, 0.3) is 0 Å². The van der Waals surface area contributed by atoms with E-state index >= 15 is 0 Å². The van der Waals surface area contributed by atoms with Gasteiger partial charge in [-0.25, -0.2) is 0 Å². The Morgan fingerprint density at radius 3 is 2.55 bits per heavy atom. The van der Waals surface area contributed by atoms with Gasteiger partial charge in [0.1, 0.15) is 6.61 Å². The summed E-state index contributed by atoms with van der Waals surface area (Å²) in [6.45, 7) is 6.71. The number of hydrogen-bond acceptors (Lipinski definition) is 2. The first kappa shape index (κ1) is 10.4. The minimum Gasteiger partial charge on any atom is -0.373 e. The highest BCUT2D eigenvalue weighted by atomic mass is 16.5. The van der Waals surface area contributed by atoms with Gasteiger partial charge in [-0.05, 0) is 26.3 Å². The summed E-state index contributed by atoms with van der Waals surface area (Å²) in [6, 6.07) is 0. The first-order chi connectivity index (χ1) is 5.16. The van der Waals surface area contributed by atoms with E-state index in [4.69, 9.17) is 4.74 Å². The SMILES string of the molecule is CCCOCC(=O)C=C(C)C. The summed E-state index contributed by atoms with van der Waals surface area (Å²) in [7, 11) is 0. The van der Waals surface area contributed by atoms with Gasteiger partial charge < -0.3 is 4.74 Å². The highest BCUT2D eigenvalue weighted by Crippen LogP contribution is 1.90. The van der Waals surface area contributed by atoms with Crippen LogP contribution in [0, 0.1) is 0 Å². The van der Waals surface area contributed by atoms with Gasteiger partial charge in [0.2, 0.25) is 0 Å². The van der Waals surface area contributed by atoms with Gasteiger partial charge in [-0.3, -0.25) is 4.79 Å². The molecule has 0 bridgehead atoms. The normalized spacial score (nSPS) is 9.36. The number of carbonyl (C=O) groups is 1. The minimum absolute atomic E-state index is 0.0541. The van der Waals surface area contributed by atoms with Gasteiger partial charge in [-0.15, -0.1) is 0 Å². The van der Waals surface area contributed by atoms with Crippen molar-refractivity contribution in [3.63, 3.8) is 0 Å². The van der Waals surface area contributed by atoms with Crippen LogP contribution in [0.3, 0.4) is 0 Å². The van der Waals surface area contributed by atoms with Gasteiger partial charge in [-0.1, -0.05) is 12.5 Å². The average Bonchev–Trinajstić information content (AvgIpc) is 1.86. The summed E-state index contributed by atoms with van der Waals surface area (Å²) in [4.78, 5) is 10.9. The molecule has 0 fully saturated rings. The second-order valence-electron chi connectivity index (χ2n) is 2.74. The molecule has 0 rings (SSSR count). The molecule has 64 valence electrons. The maximum atomic E-state index is 10.9. The predicted molar refractivity (Wildman–Crippen MR) is 45.5 cm³/mol. The molecule has 0 unspecified atom stereocenters. The number of allylic oxidation sites excluding steroid dienone is 1. The van der Waals surface area contributed by atoms with E-state index in [1.165, 1.54) is 0 Å². The Morgan fingerprint density at radius 2 is 2.09 bits per heavy atom.